The number of rotatable bonds is 27. The predicted molar refractivity (Wildman–Crippen MR) is 155 cm³/mol. The standard InChI is InChI=1S/C28H54N3O6P/c1-3-5-6-7-8-9-10-11-12-13-14-15-16-17-22-34-23-18-24-37-38(33,36-4-2)26-35-25-21-31-20-19-27(29)30-28(31)32/h19-20H,3-18,21-26H2,1-2H3,(H2,29,30,32). The Morgan fingerprint density at radius 2 is 1.34 bits per heavy atom. The van der Waals surface area contributed by atoms with Gasteiger partial charge in [-0.2, -0.15) is 4.98 Å². The Kier molecular flexibility index (Phi) is 21.6. The van der Waals surface area contributed by atoms with Gasteiger partial charge in [-0.3, -0.25) is 9.13 Å². The highest BCUT2D eigenvalue weighted by Gasteiger charge is 2.24. The topological polar surface area (TPSA) is 115 Å². The van der Waals surface area contributed by atoms with Crippen molar-refractivity contribution in [2.45, 2.75) is 117 Å². The van der Waals surface area contributed by atoms with Gasteiger partial charge in [-0.25, -0.2) is 4.79 Å². The summed E-state index contributed by atoms with van der Waals surface area (Å²) in [6.45, 7) is 6.33. The first-order valence-corrected chi connectivity index (χ1v) is 16.6. The van der Waals surface area contributed by atoms with Crippen LogP contribution in [0.15, 0.2) is 17.1 Å². The van der Waals surface area contributed by atoms with Gasteiger partial charge in [0.2, 0.25) is 0 Å². The third kappa shape index (κ3) is 18.9. The lowest BCUT2D eigenvalue weighted by Crippen LogP contribution is -2.25. The van der Waals surface area contributed by atoms with Crippen molar-refractivity contribution in [3.63, 3.8) is 0 Å². The zero-order chi connectivity index (χ0) is 27.7. The monoisotopic (exact) mass is 559 g/mol. The summed E-state index contributed by atoms with van der Waals surface area (Å²) in [5, 5.41) is 0. The summed E-state index contributed by atoms with van der Waals surface area (Å²) in [7, 11) is -3.35. The highest BCUT2D eigenvalue weighted by Crippen LogP contribution is 2.48. The maximum atomic E-state index is 12.8. The Bertz CT molecular complexity index is 792. The number of nitrogen functional groups attached to an aromatic ring is 1. The summed E-state index contributed by atoms with van der Waals surface area (Å²) >= 11 is 0. The first-order chi connectivity index (χ1) is 18.5. The molecule has 1 unspecified atom stereocenters. The maximum Gasteiger partial charge on any atom is 0.356 e. The molecule has 0 radical (unpaired) electrons. The van der Waals surface area contributed by atoms with Crippen LogP contribution >= 0.6 is 7.60 Å². The molecule has 9 nitrogen and oxygen atoms in total. The van der Waals surface area contributed by atoms with Crippen LogP contribution in [0.3, 0.4) is 0 Å². The molecule has 0 aliphatic rings. The fraction of sp³-hybridized carbons (Fsp3) is 0.857. The van der Waals surface area contributed by atoms with Crippen LogP contribution in [0.25, 0.3) is 0 Å². The van der Waals surface area contributed by atoms with E-state index < -0.39 is 13.3 Å². The molecule has 38 heavy (non-hydrogen) atoms. The highest BCUT2D eigenvalue weighted by molar-refractivity contribution is 7.53. The summed E-state index contributed by atoms with van der Waals surface area (Å²) in [5.74, 6) is 0.171. The van der Waals surface area contributed by atoms with Gasteiger partial charge in [-0.15, -0.1) is 0 Å². The molecule has 0 amide bonds. The molecule has 0 spiro atoms. The Morgan fingerprint density at radius 1 is 0.763 bits per heavy atom. The minimum atomic E-state index is -3.35. The molecule has 1 aromatic heterocycles. The van der Waals surface area contributed by atoms with Gasteiger partial charge in [-0.1, -0.05) is 90.4 Å². The van der Waals surface area contributed by atoms with Crippen LogP contribution in [-0.4, -0.2) is 48.9 Å². The summed E-state index contributed by atoms with van der Waals surface area (Å²) in [4.78, 5) is 15.4. The van der Waals surface area contributed by atoms with E-state index in [0.717, 1.165) is 13.0 Å². The summed E-state index contributed by atoms with van der Waals surface area (Å²) in [5.41, 5.74) is 5.03. The van der Waals surface area contributed by atoms with E-state index in [0.29, 0.717) is 13.0 Å². The molecular weight excluding hydrogens is 505 g/mol. The minimum absolute atomic E-state index is 0.169. The van der Waals surface area contributed by atoms with Crippen molar-refractivity contribution < 1.29 is 23.1 Å². The van der Waals surface area contributed by atoms with Crippen LogP contribution in [0.4, 0.5) is 5.82 Å². The van der Waals surface area contributed by atoms with Crippen molar-refractivity contribution in [2.75, 3.05) is 45.1 Å². The molecular formula is C28H54N3O6P. The zero-order valence-electron chi connectivity index (χ0n) is 24.1. The highest BCUT2D eigenvalue weighted by atomic mass is 31.2. The van der Waals surface area contributed by atoms with E-state index in [1.165, 1.54) is 94.1 Å². The molecule has 10 heteroatoms. The zero-order valence-corrected chi connectivity index (χ0v) is 25.0. The molecule has 2 N–H and O–H groups in total. The molecule has 222 valence electrons. The third-order valence-electron chi connectivity index (χ3n) is 6.31. The smallest absolute Gasteiger partial charge is 0.356 e. The van der Waals surface area contributed by atoms with E-state index in [9.17, 15) is 9.36 Å². The average molecular weight is 560 g/mol. The van der Waals surface area contributed by atoms with Gasteiger partial charge >= 0.3 is 13.3 Å². The number of ether oxygens (including phenoxy) is 2. The van der Waals surface area contributed by atoms with E-state index in [-0.39, 0.29) is 38.5 Å². The molecule has 1 aromatic rings. The lowest BCUT2D eigenvalue weighted by molar-refractivity contribution is 0.100. The van der Waals surface area contributed by atoms with Crippen LogP contribution in [-0.2, 0) is 29.6 Å². The van der Waals surface area contributed by atoms with Crippen molar-refractivity contribution in [1.29, 1.82) is 0 Å². The first-order valence-electron chi connectivity index (χ1n) is 14.9. The predicted octanol–water partition coefficient (Wildman–Crippen LogP) is 6.93. The largest absolute Gasteiger partial charge is 0.383 e. The third-order valence-corrected chi connectivity index (χ3v) is 8.04. The molecule has 1 rings (SSSR count). The van der Waals surface area contributed by atoms with Crippen LogP contribution in [0.1, 0.15) is 110 Å². The van der Waals surface area contributed by atoms with Crippen molar-refractivity contribution in [1.82, 2.24) is 9.55 Å². The summed E-state index contributed by atoms with van der Waals surface area (Å²) in [6.07, 6.45) is 20.8. The van der Waals surface area contributed by atoms with Crippen molar-refractivity contribution in [2.24, 2.45) is 0 Å². The quantitative estimate of drug-likeness (QED) is 0.0911. The molecule has 0 aliphatic carbocycles. The Labute approximate surface area is 230 Å². The lowest BCUT2D eigenvalue weighted by atomic mass is 10.0. The number of unbranched alkanes of at least 4 members (excludes halogenated alkanes) is 13. The molecule has 1 heterocycles. The number of nitrogens with zero attached hydrogens (tertiary/aromatic N) is 2. The normalized spacial score (nSPS) is 13.1. The molecule has 0 saturated heterocycles. The van der Waals surface area contributed by atoms with Gasteiger partial charge < -0.3 is 24.3 Å². The fourth-order valence-corrected chi connectivity index (χ4v) is 5.50. The SMILES string of the molecule is CCCCCCCCCCCCCCCCOCCCOP(=O)(COCCn1ccc(N)nc1=O)OCC. The molecule has 0 saturated carbocycles. The van der Waals surface area contributed by atoms with Gasteiger partial charge in [0.25, 0.3) is 0 Å². The summed E-state index contributed by atoms with van der Waals surface area (Å²) < 4.78 is 36.2. The second kappa shape index (κ2) is 23.6. The van der Waals surface area contributed by atoms with Crippen molar-refractivity contribution in [3.8, 4) is 0 Å². The van der Waals surface area contributed by atoms with Crippen molar-refractivity contribution >= 4 is 13.4 Å². The summed E-state index contributed by atoms with van der Waals surface area (Å²) in [6, 6.07) is 1.54. The Hall–Kier alpha value is -1.25. The number of nitrogens with two attached hydrogens (primary N) is 1. The Balaban J connectivity index is 1.95. The molecule has 0 aromatic carbocycles. The van der Waals surface area contributed by atoms with Gasteiger partial charge in [0.05, 0.1) is 26.4 Å². The van der Waals surface area contributed by atoms with Gasteiger partial charge in [0.15, 0.2) is 0 Å². The second-order valence-corrected chi connectivity index (χ2v) is 11.8. The van der Waals surface area contributed by atoms with Crippen LogP contribution in [0, 0.1) is 0 Å². The van der Waals surface area contributed by atoms with Crippen LogP contribution in [0.5, 0.6) is 0 Å². The van der Waals surface area contributed by atoms with Crippen LogP contribution in [0.2, 0.25) is 0 Å². The van der Waals surface area contributed by atoms with E-state index in [1.807, 2.05) is 0 Å². The van der Waals surface area contributed by atoms with Gasteiger partial charge in [0, 0.05) is 19.4 Å². The minimum Gasteiger partial charge on any atom is -0.383 e. The lowest BCUT2D eigenvalue weighted by Gasteiger charge is -2.18. The van der Waals surface area contributed by atoms with Crippen LogP contribution < -0.4 is 11.4 Å². The van der Waals surface area contributed by atoms with E-state index in [1.54, 1.807) is 13.1 Å². The van der Waals surface area contributed by atoms with Crippen molar-refractivity contribution in [3.05, 3.63) is 22.7 Å². The number of hydrogen-bond donors (Lipinski definition) is 1. The fourth-order valence-electron chi connectivity index (χ4n) is 4.13. The maximum absolute atomic E-state index is 12.8. The molecule has 0 bridgehead atoms. The number of anilines is 1. The van der Waals surface area contributed by atoms with Gasteiger partial charge in [0.1, 0.15) is 12.2 Å². The molecule has 1 atom stereocenters. The van der Waals surface area contributed by atoms with E-state index in [4.69, 9.17) is 24.3 Å². The van der Waals surface area contributed by atoms with E-state index >= 15 is 0 Å². The molecule has 0 aliphatic heterocycles. The number of aromatic nitrogens is 2. The Morgan fingerprint density at radius 3 is 1.92 bits per heavy atom. The average Bonchev–Trinajstić information content (AvgIpc) is 2.89. The second-order valence-electron chi connectivity index (χ2n) is 9.79. The van der Waals surface area contributed by atoms with Gasteiger partial charge in [-0.05, 0) is 25.8 Å². The number of hydrogen-bond acceptors (Lipinski definition) is 8. The van der Waals surface area contributed by atoms with E-state index in [2.05, 4.69) is 11.9 Å². The molecule has 0 fully saturated rings. The first kappa shape index (κ1) is 34.8.